The third-order valence-electron chi connectivity index (χ3n) is 3.60. The van der Waals surface area contributed by atoms with Gasteiger partial charge in [-0.1, -0.05) is 35.9 Å². The molecule has 0 aliphatic carbocycles. The van der Waals surface area contributed by atoms with Gasteiger partial charge in [-0.2, -0.15) is 0 Å². The van der Waals surface area contributed by atoms with E-state index < -0.39 is 24.5 Å². The van der Waals surface area contributed by atoms with E-state index in [0.717, 1.165) is 12.0 Å². The van der Waals surface area contributed by atoms with Gasteiger partial charge in [0.25, 0.3) is 5.91 Å². The smallest absolute Gasteiger partial charge is 0.340 e. The maximum absolute atomic E-state index is 12.2. The summed E-state index contributed by atoms with van der Waals surface area (Å²) in [5, 5.41) is 8.12. The SMILES string of the molecule is CNC(=O)NC(=O)COC(=O)c1ccccc1NCCc1ccc(Cl)cc1. The molecule has 0 bridgehead atoms. The molecule has 0 saturated heterocycles. The molecule has 8 heteroatoms. The summed E-state index contributed by atoms with van der Waals surface area (Å²) in [5.74, 6) is -1.37. The van der Waals surface area contributed by atoms with E-state index in [0.29, 0.717) is 22.8 Å². The number of para-hydroxylation sites is 1. The quantitative estimate of drug-likeness (QED) is 0.632. The number of amides is 3. The molecule has 0 unspecified atom stereocenters. The number of urea groups is 1. The van der Waals surface area contributed by atoms with Crippen molar-refractivity contribution in [1.29, 1.82) is 0 Å². The van der Waals surface area contributed by atoms with Gasteiger partial charge in [0, 0.05) is 24.3 Å². The van der Waals surface area contributed by atoms with Gasteiger partial charge in [0.15, 0.2) is 6.61 Å². The van der Waals surface area contributed by atoms with Gasteiger partial charge in [0.05, 0.1) is 5.56 Å². The highest BCUT2D eigenvalue weighted by Gasteiger charge is 2.15. The summed E-state index contributed by atoms with van der Waals surface area (Å²) in [4.78, 5) is 34.8. The van der Waals surface area contributed by atoms with Crippen LogP contribution in [0.3, 0.4) is 0 Å². The summed E-state index contributed by atoms with van der Waals surface area (Å²) in [7, 11) is 1.38. The van der Waals surface area contributed by atoms with Gasteiger partial charge in [0.2, 0.25) is 0 Å². The van der Waals surface area contributed by atoms with Gasteiger partial charge < -0.3 is 15.4 Å². The Bertz CT molecular complexity index is 809. The first kappa shape index (κ1) is 20.3. The van der Waals surface area contributed by atoms with Gasteiger partial charge in [-0.25, -0.2) is 9.59 Å². The summed E-state index contributed by atoms with van der Waals surface area (Å²) in [6.07, 6.45) is 0.745. The molecule has 0 fully saturated rings. The van der Waals surface area contributed by atoms with Crippen molar-refractivity contribution in [3.63, 3.8) is 0 Å². The predicted molar refractivity (Wildman–Crippen MR) is 103 cm³/mol. The second kappa shape index (κ2) is 10.2. The fraction of sp³-hybridized carbons (Fsp3) is 0.211. The lowest BCUT2D eigenvalue weighted by Crippen LogP contribution is -2.39. The molecule has 3 N–H and O–H groups in total. The number of anilines is 1. The Kier molecular flexibility index (Phi) is 7.63. The van der Waals surface area contributed by atoms with Gasteiger partial charge in [-0.15, -0.1) is 0 Å². The summed E-state index contributed by atoms with van der Waals surface area (Å²) >= 11 is 5.87. The number of hydrogen-bond acceptors (Lipinski definition) is 5. The maximum Gasteiger partial charge on any atom is 0.340 e. The zero-order chi connectivity index (χ0) is 19.6. The molecule has 2 aromatic carbocycles. The van der Waals surface area contributed by atoms with Crippen molar-refractivity contribution in [2.24, 2.45) is 0 Å². The van der Waals surface area contributed by atoms with Gasteiger partial charge >= 0.3 is 12.0 Å². The molecule has 7 nitrogen and oxygen atoms in total. The lowest BCUT2D eigenvalue weighted by Gasteiger charge is -2.12. The van der Waals surface area contributed by atoms with E-state index in [2.05, 4.69) is 10.6 Å². The molecule has 0 aromatic heterocycles. The molecule has 142 valence electrons. The summed E-state index contributed by atoms with van der Waals surface area (Å²) in [5.41, 5.74) is 2.02. The van der Waals surface area contributed by atoms with Crippen LogP contribution in [0.25, 0.3) is 0 Å². The van der Waals surface area contributed by atoms with Gasteiger partial charge in [0.1, 0.15) is 0 Å². The van der Waals surface area contributed by atoms with Crippen molar-refractivity contribution in [2.45, 2.75) is 6.42 Å². The molecular formula is C19H20ClN3O4. The van der Waals surface area contributed by atoms with E-state index in [1.54, 1.807) is 24.3 Å². The van der Waals surface area contributed by atoms with Crippen LogP contribution in [-0.4, -0.2) is 38.1 Å². The van der Waals surface area contributed by atoms with Crippen LogP contribution in [0, 0.1) is 0 Å². The molecule has 2 rings (SSSR count). The van der Waals surface area contributed by atoms with E-state index in [1.165, 1.54) is 7.05 Å². The molecule has 3 amide bonds. The molecule has 0 aliphatic heterocycles. The number of rotatable bonds is 7. The Balaban J connectivity index is 1.89. The van der Waals surface area contributed by atoms with Crippen LogP contribution in [-0.2, 0) is 16.0 Å². The molecule has 2 aromatic rings. The molecular weight excluding hydrogens is 370 g/mol. The summed E-state index contributed by atoms with van der Waals surface area (Å²) < 4.78 is 4.97. The molecule has 27 heavy (non-hydrogen) atoms. The first-order chi connectivity index (χ1) is 13.0. The first-order valence-electron chi connectivity index (χ1n) is 8.25. The van der Waals surface area contributed by atoms with Crippen molar-refractivity contribution < 1.29 is 19.1 Å². The number of halogens is 1. The molecule has 0 radical (unpaired) electrons. The summed E-state index contributed by atoms with van der Waals surface area (Å²) in [6, 6.07) is 13.7. The van der Waals surface area contributed by atoms with Crippen LogP contribution >= 0.6 is 11.6 Å². The number of hydrogen-bond donors (Lipinski definition) is 3. The Labute approximate surface area is 162 Å². The molecule has 0 atom stereocenters. The monoisotopic (exact) mass is 389 g/mol. The molecule has 0 saturated carbocycles. The third-order valence-corrected chi connectivity index (χ3v) is 3.86. The number of carbonyl (C=O) groups excluding carboxylic acids is 3. The van der Waals surface area contributed by atoms with Crippen molar-refractivity contribution in [3.05, 3.63) is 64.7 Å². The van der Waals surface area contributed by atoms with Crippen LogP contribution in [0.1, 0.15) is 15.9 Å². The van der Waals surface area contributed by atoms with E-state index in [4.69, 9.17) is 16.3 Å². The van der Waals surface area contributed by atoms with E-state index >= 15 is 0 Å². The normalized spacial score (nSPS) is 10.0. The van der Waals surface area contributed by atoms with Crippen LogP contribution in [0.15, 0.2) is 48.5 Å². The van der Waals surface area contributed by atoms with Crippen molar-refractivity contribution in [2.75, 3.05) is 25.5 Å². The standard InChI is InChI=1S/C19H20ClN3O4/c1-21-19(26)23-17(24)12-27-18(25)15-4-2-3-5-16(15)22-11-10-13-6-8-14(20)9-7-13/h2-9,22H,10-12H2,1H3,(H2,21,23,24,26). The minimum absolute atomic E-state index is 0.307. The predicted octanol–water partition coefficient (Wildman–Crippen LogP) is 2.61. The van der Waals surface area contributed by atoms with Crippen LogP contribution in [0.2, 0.25) is 5.02 Å². The van der Waals surface area contributed by atoms with Crippen molar-refractivity contribution in [1.82, 2.24) is 10.6 Å². The van der Waals surface area contributed by atoms with Gasteiger partial charge in [-0.3, -0.25) is 10.1 Å². The number of imide groups is 1. The minimum atomic E-state index is -0.712. The zero-order valence-corrected chi connectivity index (χ0v) is 15.5. The third kappa shape index (κ3) is 6.63. The Hall–Kier alpha value is -3.06. The second-order valence-corrected chi connectivity index (χ2v) is 5.99. The zero-order valence-electron chi connectivity index (χ0n) is 14.8. The number of esters is 1. The minimum Gasteiger partial charge on any atom is -0.452 e. The van der Waals surface area contributed by atoms with E-state index in [1.807, 2.05) is 29.6 Å². The molecule has 0 aliphatic rings. The van der Waals surface area contributed by atoms with E-state index in [-0.39, 0.29) is 0 Å². The second-order valence-electron chi connectivity index (χ2n) is 5.55. The van der Waals surface area contributed by atoms with Gasteiger partial charge in [-0.05, 0) is 36.2 Å². The Morgan fingerprint density at radius 2 is 1.74 bits per heavy atom. The largest absolute Gasteiger partial charge is 0.452 e. The Morgan fingerprint density at radius 1 is 1.04 bits per heavy atom. The highest BCUT2D eigenvalue weighted by atomic mass is 35.5. The highest BCUT2D eigenvalue weighted by Crippen LogP contribution is 2.17. The fourth-order valence-electron chi connectivity index (χ4n) is 2.24. The molecule has 0 spiro atoms. The van der Waals surface area contributed by atoms with Crippen LogP contribution in [0.5, 0.6) is 0 Å². The Morgan fingerprint density at radius 3 is 2.44 bits per heavy atom. The lowest BCUT2D eigenvalue weighted by molar-refractivity contribution is -0.123. The fourth-order valence-corrected chi connectivity index (χ4v) is 2.37. The average molecular weight is 390 g/mol. The highest BCUT2D eigenvalue weighted by molar-refractivity contribution is 6.30. The number of ether oxygens (including phenoxy) is 1. The molecule has 0 heterocycles. The maximum atomic E-state index is 12.2. The average Bonchev–Trinajstić information content (AvgIpc) is 2.68. The van der Waals surface area contributed by atoms with Crippen molar-refractivity contribution >= 4 is 35.2 Å². The van der Waals surface area contributed by atoms with Crippen LogP contribution in [0.4, 0.5) is 10.5 Å². The topological polar surface area (TPSA) is 96.5 Å². The summed E-state index contributed by atoms with van der Waals surface area (Å²) in [6.45, 7) is 0.0500. The first-order valence-corrected chi connectivity index (χ1v) is 8.63. The number of nitrogens with one attached hydrogen (secondary N) is 3. The number of benzene rings is 2. The number of carbonyl (C=O) groups is 3. The van der Waals surface area contributed by atoms with E-state index in [9.17, 15) is 14.4 Å². The van der Waals surface area contributed by atoms with Crippen molar-refractivity contribution in [3.8, 4) is 0 Å². The lowest BCUT2D eigenvalue weighted by atomic mass is 10.1. The van der Waals surface area contributed by atoms with Crippen LogP contribution < -0.4 is 16.0 Å².